The maximum absolute atomic E-state index is 12.8. The molecule has 2 fully saturated rings. The van der Waals surface area contributed by atoms with Crippen LogP contribution in [-0.4, -0.2) is 77.9 Å². The fraction of sp³-hybridized carbons (Fsp3) is 0.900. The molecule has 0 aromatic heterocycles. The van der Waals surface area contributed by atoms with Crippen molar-refractivity contribution in [2.75, 3.05) is 32.8 Å². The Bertz CT molecular complexity index is 501. The molecule has 0 aromatic carbocycles. The molecular weight excluding hydrogens is 346 g/mol. The lowest BCUT2D eigenvalue weighted by molar-refractivity contribution is -0.139. The Hall–Kier alpha value is -1.34. The monoisotopic (exact) mass is 383 g/mol. The minimum atomic E-state index is -0.790. The van der Waals surface area contributed by atoms with E-state index in [2.05, 4.69) is 19.2 Å². The van der Waals surface area contributed by atoms with Crippen molar-refractivity contribution >= 4 is 12.0 Å². The van der Waals surface area contributed by atoms with Gasteiger partial charge in [0.25, 0.3) is 0 Å². The van der Waals surface area contributed by atoms with Gasteiger partial charge in [0, 0.05) is 37.2 Å². The molecule has 1 aliphatic heterocycles. The average molecular weight is 384 g/mol. The van der Waals surface area contributed by atoms with Crippen LogP contribution in [0.1, 0.15) is 59.8 Å². The normalized spacial score (nSPS) is 25.3. The van der Waals surface area contributed by atoms with Gasteiger partial charge in [0.15, 0.2) is 0 Å². The summed E-state index contributed by atoms with van der Waals surface area (Å²) in [4.78, 5) is 27.7. The summed E-state index contributed by atoms with van der Waals surface area (Å²) in [7, 11) is 0. The van der Waals surface area contributed by atoms with Crippen molar-refractivity contribution in [1.29, 1.82) is 0 Å². The van der Waals surface area contributed by atoms with Crippen molar-refractivity contribution in [1.82, 2.24) is 15.1 Å². The van der Waals surface area contributed by atoms with Crippen molar-refractivity contribution in [3.63, 3.8) is 0 Å². The van der Waals surface area contributed by atoms with E-state index in [1.807, 2.05) is 23.6 Å². The van der Waals surface area contributed by atoms with Gasteiger partial charge < -0.3 is 20.1 Å². The number of aliphatic carboxylic acids is 1. The number of hydrogen-bond donors (Lipinski definition) is 2. The molecular formula is C20H37N3O4. The van der Waals surface area contributed by atoms with Crippen LogP contribution in [-0.2, 0) is 9.53 Å². The van der Waals surface area contributed by atoms with Gasteiger partial charge in [-0.15, -0.1) is 0 Å². The van der Waals surface area contributed by atoms with Crippen LogP contribution in [0.5, 0.6) is 0 Å². The summed E-state index contributed by atoms with van der Waals surface area (Å²) >= 11 is 0. The number of likely N-dealkylation sites (N-methyl/N-ethyl adjacent to an activating group) is 1. The molecule has 2 amide bonds. The van der Waals surface area contributed by atoms with Crippen LogP contribution >= 0.6 is 0 Å². The highest BCUT2D eigenvalue weighted by atomic mass is 16.5. The lowest BCUT2D eigenvalue weighted by atomic mass is 9.58. The number of urea groups is 1. The molecule has 0 radical (unpaired) electrons. The SMILES string of the molecule is CCOC1CC(NC(=O)N2CCC(N(CC)CC(=O)O)CC2)C1(CC)CC. The van der Waals surface area contributed by atoms with Gasteiger partial charge in [0.2, 0.25) is 0 Å². The first kappa shape index (κ1) is 22.0. The third kappa shape index (κ3) is 4.74. The van der Waals surface area contributed by atoms with Crippen LogP contribution in [0.25, 0.3) is 0 Å². The average Bonchev–Trinajstić information content (AvgIpc) is 2.66. The van der Waals surface area contributed by atoms with E-state index in [4.69, 9.17) is 9.84 Å². The summed E-state index contributed by atoms with van der Waals surface area (Å²) in [6, 6.07) is 0.431. The molecule has 2 rings (SSSR count). The number of nitrogens with one attached hydrogen (secondary N) is 1. The first-order valence-corrected chi connectivity index (χ1v) is 10.5. The van der Waals surface area contributed by atoms with Crippen LogP contribution in [0.3, 0.4) is 0 Å². The summed E-state index contributed by atoms with van der Waals surface area (Å²) in [6.45, 7) is 11.2. The van der Waals surface area contributed by atoms with Gasteiger partial charge in [-0.3, -0.25) is 9.69 Å². The Morgan fingerprint density at radius 2 is 1.81 bits per heavy atom. The molecule has 1 aliphatic carbocycles. The fourth-order valence-corrected chi connectivity index (χ4v) is 4.93. The van der Waals surface area contributed by atoms with Gasteiger partial charge >= 0.3 is 12.0 Å². The molecule has 2 unspecified atom stereocenters. The number of carboxylic acids is 1. The van der Waals surface area contributed by atoms with Gasteiger partial charge in [-0.1, -0.05) is 20.8 Å². The van der Waals surface area contributed by atoms with E-state index in [-0.39, 0.29) is 36.2 Å². The number of rotatable bonds is 9. The Balaban J connectivity index is 1.86. The first-order valence-electron chi connectivity index (χ1n) is 10.5. The van der Waals surface area contributed by atoms with E-state index in [9.17, 15) is 9.59 Å². The number of carboxylic acid groups (broad SMARTS) is 1. The maximum atomic E-state index is 12.8. The minimum Gasteiger partial charge on any atom is -0.480 e. The third-order valence-electron chi connectivity index (χ3n) is 6.78. The number of amides is 2. The molecule has 2 N–H and O–H groups in total. The molecule has 2 aliphatic rings. The fourth-order valence-electron chi connectivity index (χ4n) is 4.93. The van der Waals surface area contributed by atoms with Crippen LogP contribution in [0.2, 0.25) is 0 Å². The molecule has 0 spiro atoms. The highest BCUT2D eigenvalue weighted by molar-refractivity contribution is 5.75. The highest BCUT2D eigenvalue weighted by Gasteiger charge is 2.54. The number of ether oxygens (including phenoxy) is 1. The van der Waals surface area contributed by atoms with Crippen molar-refractivity contribution in [2.24, 2.45) is 5.41 Å². The number of hydrogen-bond acceptors (Lipinski definition) is 4. The third-order valence-corrected chi connectivity index (χ3v) is 6.78. The molecule has 0 aromatic rings. The molecule has 7 nitrogen and oxygen atoms in total. The first-order chi connectivity index (χ1) is 12.9. The molecule has 1 saturated heterocycles. The largest absolute Gasteiger partial charge is 0.480 e. The summed E-state index contributed by atoms with van der Waals surface area (Å²) in [6.07, 6.45) is 4.78. The standard InChI is InChI=1S/C20H37N3O4/c1-5-20(6-2)16(13-17(20)27-8-4)21-19(26)23-11-9-15(10-12-23)22(7-3)14-18(24)25/h15-17H,5-14H2,1-4H3,(H,21,26)(H,24,25). The van der Waals surface area contributed by atoms with Crippen LogP contribution in [0.15, 0.2) is 0 Å². The maximum Gasteiger partial charge on any atom is 0.317 e. The number of nitrogens with zero attached hydrogens (tertiary/aromatic N) is 2. The Morgan fingerprint density at radius 3 is 2.30 bits per heavy atom. The van der Waals surface area contributed by atoms with Crippen molar-refractivity contribution < 1.29 is 19.4 Å². The van der Waals surface area contributed by atoms with Crippen LogP contribution in [0, 0.1) is 5.41 Å². The second kappa shape index (κ2) is 9.73. The molecule has 156 valence electrons. The van der Waals surface area contributed by atoms with Crippen molar-refractivity contribution in [3.05, 3.63) is 0 Å². The van der Waals surface area contributed by atoms with Gasteiger partial charge in [-0.25, -0.2) is 4.79 Å². The Kier molecular flexibility index (Phi) is 7.91. The molecule has 0 bridgehead atoms. The summed E-state index contributed by atoms with van der Waals surface area (Å²) in [5.74, 6) is -0.790. The number of carbonyl (C=O) groups excluding carboxylic acids is 1. The second-order valence-corrected chi connectivity index (χ2v) is 7.80. The Labute approximate surface area is 163 Å². The lowest BCUT2D eigenvalue weighted by Crippen LogP contribution is -2.66. The molecule has 27 heavy (non-hydrogen) atoms. The highest BCUT2D eigenvalue weighted by Crippen LogP contribution is 2.49. The molecule has 1 heterocycles. The topological polar surface area (TPSA) is 82.1 Å². The summed E-state index contributed by atoms with van der Waals surface area (Å²) in [5, 5.41) is 12.3. The van der Waals surface area contributed by atoms with E-state index in [1.165, 1.54) is 0 Å². The zero-order valence-electron chi connectivity index (χ0n) is 17.4. The van der Waals surface area contributed by atoms with Crippen LogP contribution in [0.4, 0.5) is 4.79 Å². The van der Waals surface area contributed by atoms with E-state index in [0.29, 0.717) is 19.7 Å². The number of likely N-dealkylation sites (tertiary alicyclic amines) is 1. The number of piperidine rings is 1. The predicted molar refractivity (Wildman–Crippen MR) is 105 cm³/mol. The quantitative estimate of drug-likeness (QED) is 0.639. The van der Waals surface area contributed by atoms with E-state index >= 15 is 0 Å². The smallest absolute Gasteiger partial charge is 0.317 e. The zero-order chi connectivity index (χ0) is 20.0. The summed E-state index contributed by atoms with van der Waals surface area (Å²) in [5.41, 5.74) is 0.0461. The minimum absolute atomic E-state index is 0.0148. The predicted octanol–water partition coefficient (Wildman–Crippen LogP) is 2.55. The second-order valence-electron chi connectivity index (χ2n) is 7.80. The lowest BCUT2D eigenvalue weighted by Gasteiger charge is -2.55. The van der Waals surface area contributed by atoms with E-state index in [1.54, 1.807) is 0 Å². The van der Waals surface area contributed by atoms with Crippen molar-refractivity contribution in [2.45, 2.75) is 78.0 Å². The molecule has 7 heteroatoms. The van der Waals surface area contributed by atoms with Gasteiger partial charge in [0.1, 0.15) is 0 Å². The summed E-state index contributed by atoms with van der Waals surface area (Å²) < 4.78 is 5.90. The number of carbonyl (C=O) groups is 2. The van der Waals surface area contributed by atoms with E-state index in [0.717, 1.165) is 38.6 Å². The van der Waals surface area contributed by atoms with Crippen LogP contribution < -0.4 is 5.32 Å². The molecule has 2 atom stereocenters. The molecule has 1 saturated carbocycles. The Morgan fingerprint density at radius 1 is 1.19 bits per heavy atom. The van der Waals surface area contributed by atoms with E-state index < -0.39 is 5.97 Å². The van der Waals surface area contributed by atoms with Crippen molar-refractivity contribution in [3.8, 4) is 0 Å². The zero-order valence-corrected chi connectivity index (χ0v) is 17.4. The van der Waals surface area contributed by atoms with Gasteiger partial charge in [0.05, 0.1) is 12.6 Å². The van der Waals surface area contributed by atoms with Gasteiger partial charge in [-0.05, 0) is 45.6 Å². The van der Waals surface area contributed by atoms with Gasteiger partial charge in [-0.2, -0.15) is 0 Å².